The number of hydrogen-bond acceptors (Lipinski definition) is 4. The van der Waals surface area contributed by atoms with Gasteiger partial charge in [-0.2, -0.15) is 5.26 Å². The number of aromatic amines is 1. The predicted molar refractivity (Wildman–Crippen MR) is 83.4 cm³/mol. The van der Waals surface area contributed by atoms with Gasteiger partial charge in [-0.1, -0.05) is 6.42 Å². The minimum atomic E-state index is -0.361. The summed E-state index contributed by atoms with van der Waals surface area (Å²) in [7, 11) is 1.37. The number of likely N-dealkylation sites (tertiary alicyclic amines) is 1. The molecule has 0 saturated carbocycles. The molecule has 1 fully saturated rings. The maximum atomic E-state index is 11.7. The normalized spacial score (nSPS) is 17.1. The number of aromatic nitrogens is 1. The minimum absolute atomic E-state index is 0.276. The first-order valence-electron chi connectivity index (χ1n) is 7.57. The summed E-state index contributed by atoms with van der Waals surface area (Å²) in [6.07, 6.45) is 5.38. The third-order valence-electron chi connectivity index (χ3n) is 4.31. The molecule has 3 rings (SSSR count). The summed E-state index contributed by atoms with van der Waals surface area (Å²) in [6.45, 7) is 1.89. The number of rotatable bonds is 3. The van der Waals surface area contributed by atoms with E-state index >= 15 is 0 Å². The van der Waals surface area contributed by atoms with Crippen molar-refractivity contribution in [2.75, 3.05) is 20.2 Å². The number of ether oxygens (including phenoxy) is 1. The highest BCUT2D eigenvalue weighted by molar-refractivity contribution is 5.95. The minimum Gasteiger partial charge on any atom is -0.465 e. The van der Waals surface area contributed by atoms with Crippen molar-refractivity contribution in [2.45, 2.75) is 25.3 Å². The van der Waals surface area contributed by atoms with E-state index in [1.807, 2.05) is 12.3 Å². The lowest BCUT2D eigenvalue weighted by Crippen LogP contribution is -2.32. The summed E-state index contributed by atoms with van der Waals surface area (Å²) < 4.78 is 4.78. The second-order valence-corrected chi connectivity index (χ2v) is 5.62. The van der Waals surface area contributed by atoms with Crippen LogP contribution in [0.15, 0.2) is 24.4 Å². The van der Waals surface area contributed by atoms with Crippen LogP contribution in [0.25, 0.3) is 10.9 Å². The number of nitriles is 1. The quantitative estimate of drug-likeness (QED) is 0.884. The van der Waals surface area contributed by atoms with E-state index < -0.39 is 0 Å². The number of esters is 1. The van der Waals surface area contributed by atoms with E-state index in [-0.39, 0.29) is 12.0 Å². The van der Waals surface area contributed by atoms with Gasteiger partial charge in [0, 0.05) is 22.7 Å². The number of nitrogens with one attached hydrogen (secondary N) is 1. The van der Waals surface area contributed by atoms with Crippen molar-refractivity contribution in [1.29, 1.82) is 5.26 Å². The van der Waals surface area contributed by atoms with E-state index in [0.717, 1.165) is 42.4 Å². The Labute approximate surface area is 129 Å². The standard InChI is InChI=1S/C17H19N3O2/c1-22-17(21)12-5-6-15-13(9-12)14(11-19-15)16(10-18)20-7-3-2-4-8-20/h5-6,9,11,16,19H,2-4,7-8H2,1H3. The fraction of sp³-hybridized carbons (Fsp3) is 0.412. The number of H-pyrrole nitrogens is 1. The van der Waals surface area contributed by atoms with Crippen molar-refractivity contribution in [1.82, 2.24) is 9.88 Å². The van der Waals surface area contributed by atoms with E-state index in [4.69, 9.17) is 4.74 Å². The number of nitrogens with zero attached hydrogens (tertiary/aromatic N) is 2. The molecule has 0 spiro atoms. The first kappa shape index (κ1) is 14.6. The molecule has 1 aliphatic heterocycles. The van der Waals surface area contributed by atoms with Crippen molar-refractivity contribution in [3.8, 4) is 6.07 Å². The summed E-state index contributed by atoms with van der Waals surface area (Å²) in [4.78, 5) is 17.1. The van der Waals surface area contributed by atoms with Crippen molar-refractivity contribution in [3.05, 3.63) is 35.5 Å². The molecular formula is C17H19N3O2. The number of piperidine rings is 1. The number of fused-ring (bicyclic) bond motifs is 1. The second-order valence-electron chi connectivity index (χ2n) is 5.62. The maximum Gasteiger partial charge on any atom is 0.337 e. The molecule has 0 radical (unpaired) electrons. The Morgan fingerprint density at radius 2 is 2.14 bits per heavy atom. The van der Waals surface area contributed by atoms with Crippen LogP contribution in [-0.4, -0.2) is 36.1 Å². The molecule has 5 nitrogen and oxygen atoms in total. The van der Waals surface area contributed by atoms with Gasteiger partial charge in [0.1, 0.15) is 6.04 Å². The summed E-state index contributed by atoms with van der Waals surface area (Å²) in [5.74, 6) is -0.361. The molecule has 0 aliphatic carbocycles. The lowest BCUT2D eigenvalue weighted by Gasteiger charge is -2.30. The lowest BCUT2D eigenvalue weighted by atomic mass is 10.0. The Hall–Kier alpha value is -2.32. The van der Waals surface area contributed by atoms with Gasteiger partial charge in [-0.25, -0.2) is 4.79 Å². The summed E-state index contributed by atoms with van der Waals surface area (Å²) in [6, 6.07) is 7.54. The van der Waals surface area contributed by atoms with Crippen LogP contribution in [0.5, 0.6) is 0 Å². The smallest absolute Gasteiger partial charge is 0.337 e. The van der Waals surface area contributed by atoms with Gasteiger partial charge in [-0.15, -0.1) is 0 Å². The summed E-state index contributed by atoms with van der Waals surface area (Å²) >= 11 is 0. The van der Waals surface area contributed by atoms with E-state index in [9.17, 15) is 10.1 Å². The molecule has 1 unspecified atom stereocenters. The molecule has 1 saturated heterocycles. The third kappa shape index (κ3) is 2.58. The van der Waals surface area contributed by atoms with E-state index in [0.29, 0.717) is 5.56 Å². The van der Waals surface area contributed by atoms with Crippen LogP contribution >= 0.6 is 0 Å². The highest BCUT2D eigenvalue weighted by Crippen LogP contribution is 2.30. The van der Waals surface area contributed by atoms with Gasteiger partial charge in [-0.3, -0.25) is 4.90 Å². The fourth-order valence-corrected chi connectivity index (χ4v) is 3.14. The molecule has 1 aliphatic rings. The van der Waals surface area contributed by atoms with E-state index in [2.05, 4.69) is 16.0 Å². The molecule has 5 heteroatoms. The first-order valence-corrected chi connectivity index (χ1v) is 7.57. The van der Waals surface area contributed by atoms with Crippen molar-refractivity contribution in [3.63, 3.8) is 0 Å². The average Bonchev–Trinajstić information content (AvgIpc) is 2.99. The zero-order valence-electron chi connectivity index (χ0n) is 12.6. The molecule has 1 N–H and O–H groups in total. The maximum absolute atomic E-state index is 11.7. The summed E-state index contributed by atoms with van der Waals surface area (Å²) in [5, 5.41) is 10.6. The number of carbonyl (C=O) groups is 1. The van der Waals surface area contributed by atoms with Gasteiger partial charge in [0.2, 0.25) is 0 Å². The Morgan fingerprint density at radius 3 is 2.82 bits per heavy atom. The number of carbonyl (C=O) groups excluding carboxylic acids is 1. The highest BCUT2D eigenvalue weighted by Gasteiger charge is 2.24. The Balaban J connectivity index is 2.01. The van der Waals surface area contributed by atoms with Gasteiger partial charge in [-0.05, 0) is 44.1 Å². The number of benzene rings is 1. The molecule has 1 aromatic heterocycles. The van der Waals surface area contributed by atoms with Crippen LogP contribution in [0, 0.1) is 11.3 Å². The molecule has 0 bridgehead atoms. The van der Waals surface area contributed by atoms with Crippen LogP contribution in [0.4, 0.5) is 0 Å². The molecule has 2 aromatic rings. The van der Waals surface area contributed by atoms with Crippen LogP contribution in [0.2, 0.25) is 0 Å². The Morgan fingerprint density at radius 1 is 1.36 bits per heavy atom. The van der Waals surface area contributed by atoms with Crippen LogP contribution < -0.4 is 0 Å². The highest BCUT2D eigenvalue weighted by atomic mass is 16.5. The molecule has 1 atom stereocenters. The van der Waals surface area contributed by atoms with Gasteiger partial charge in [0.25, 0.3) is 0 Å². The Bertz CT molecular complexity index is 723. The molecule has 22 heavy (non-hydrogen) atoms. The van der Waals surface area contributed by atoms with E-state index in [1.165, 1.54) is 13.5 Å². The van der Waals surface area contributed by atoms with Crippen molar-refractivity contribution < 1.29 is 9.53 Å². The number of hydrogen-bond donors (Lipinski definition) is 1. The molecule has 1 aromatic carbocycles. The first-order chi connectivity index (χ1) is 10.7. The van der Waals surface area contributed by atoms with Crippen molar-refractivity contribution >= 4 is 16.9 Å². The third-order valence-corrected chi connectivity index (χ3v) is 4.31. The van der Waals surface area contributed by atoms with Gasteiger partial charge >= 0.3 is 5.97 Å². The molecule has 2 heterocycles. The second kappa shape index (κ2) is 6.20. The Kier molecular flexibility index (Phi) is 4.12. The van der Waals surface area contributed by atoms with Crippen LogP contribution in [-0.2, 0) is 4.74 Å². The lowest BCUT2D eigenvalue weighted by molar-refractivity contribution is 0.0601. The van der Waals surface area contributed by atoms with Crippen LogP contribution in [0.1, 0.15) is 41.2 Å². The van der Waals surface area contributed by atoms with Crippen molar-refractivity contribution in [2.24, 2.45) is 0 Å². The molecule has 114 valence electrons. The van der Waals surface area contributed by atoms with E-state index in [1.54, 1.807) is 12.1 Å². The summed E-state index contributed by atoms with van der Waals surface area (Å²) in [5.41, 5.74) is 2.37. The molecule has 0 amide bonds. The van der Waals surface area contributed by atoms with Gasteiger partial charge in [0.15, 0.2) is 0 Å². The molecular weight excluding hydrogens is 278 g/mol. The van der Waals surface area contributed by atoms with Gasteiger partial charge < -0.3 is 9.72 Å². The van der Waals surface area contributed by atoms with Crippen LogP contribution in [0.3, 0.4) is 0 Å². The zero-order chi connectivity index (χ0) is 15.5. The fourth-order valence-electron chi connectivity index (χ4n) is 3.14. The predicted octanol–water partition coefficient (Wildman–Crippen LogP) is 3.01. The topological polar surface area (TPSA) is 69.1 Å². The largest absolute Gasteiger partial charge is 0.465 e. The van der Waals surface area contributed by atoms with Gasteiger partial charge in [0.05, 0.1) is 18.7 Å². The SMILES string of the molecule is COC(=O)c1ccc2[nH]cc(C(C#N)N3CCCCC3)c2c1. The zero-order valence-corrected chi connectivity index (χ0v) is 12.6. The number of methoxy groups -OCH3 is 1. The monoisotopic (exact) mass is 297 g/mol. The average molecular weight is 297 g/mol.